The SMILES string of the molecule is CCC1(F)C=C(F)C=CC1C(=O)O. The number of carboxylic acid groups (broad SMARTS) is 1. The molecule has 2 atom stereocenters. The smallest absolute Gasteiger partial charge is 0.313 e. The molecule has 0 bridgehead atoms. The standard InChI is InChI=1S/C9H10F2O2/c1-2-9(11)5-6(10)3-4-7(9)8(12)13/h3-5,7H,2H2,1H3,(H,12,13). The van der Waals surface area contributed by atoms with E-state index in [4.69, 9.17) is 5.11 Å². The van der Waals surface area contributed by atoms with Gasteiger partial charge < -0.3 is 5.11 Å². The van der Waals surface area contributed by atoms with Gasteiger partial charge >= 0.3 is 5.97 Å². The van der Waals surface area contributed by atoms with E-state index in [1.807, 2.05) is 0 Å². The van der Waals surface area contributed by atoms with Crippen molar-refractivity contribution in [2.45, 2.75) is 19.0 Å². The number of aliphatic carboxylic acids is 1. The van der Waals surface area contributed by atoms with Crippen LogP contribution in [0.15, 0.2) is 24.1 Å². The predicted octanol–water partition coefficient (Wildman–Crippen LogP) is 2.23. The number of carboxylic acids is 1. The average Bonchev–Trinajstić information content (AvgIpc) is 2.03. The Labute approximate surface area is 74.6 Å². The van der Waals surface area contributed by atoms with Gasteiger partial charge in [-0.1, -0.05) is 13.0 Å². The lowest BCUT2D eigenvalue weighted by atomic mass is 9.83. The van der Waals surface area contributed by atoms with E-state index < -0.39 is 23.4 Å². The van der Waals surface area contributed by atoms with E-state index in [1.165, 1.54) is 6.92 Å². The van der Waals surface area contributed by atoms with Crippen LogP contribution in [0.2, 0.25) is 0 Å². The zero-order chi connectivity index (χ0) is 10.1. The summed E-state index contributed by atoms with van der Waals surface area (Å²) in [5, 5.41) is 8.65. The van der Waals surface area contributed by atoms with Gasteiger partial charge in [-0.05, 0) is 18.6 Å². The first-order valence-corrected chi connectivity index (χ1v) is 3.98. The number of carbonyl (C=O) groups is 1. The van der Waals surface area contributed by atoms with Gasteiger partial charge in [-0.25, -0.2) is 8.78 Å². The highest BCUT2D eigenvalue weighted by atomic mass is 19.1. The molecule has 0 aromatic carbocycles. The fourth-order valence-corrected chi connectivity index (χ4v) is 1.32. The third-order valence-electron chi connectivity index (χ3n) is 2.15. The van der Waals surface area contributed by atoms with E-state index in [0.29, 0.717) is 0 Å². The summed E-state index contributed by atoms with van der Waals surface area (Å²) in [4.78, 5) is 10.6. The van der Waals surface area contributed by atoms with Crippen molar-refractivity contribution < 1.29 is 18.7 Å². The maximum absolute atomic E-state index is 13.7. The van der Waals surface area contributed by atoms with Crippen molar-refractivity contribution in [2.24, 2.45) is 5.92 Å². The first kappa shape index (κ1) is 9.89. The molecule has 1 rings (SSSR count). The number of rotatable bonds is 2. The van der Waals surface area contributed by atoms with Crippen LogP contribution >= 0.6 is 0 Å². The lowest BCUT2D eigenvalue weighted by molar-refractivity contribution is -0.143. The highest BCUT2D eigenvalue weighted by Crippen LogP contribution is 2.34. The molecule has 13 heavy (non-hydrogen) atoms. The Bertz CT molecular complexity index is 283. The number of alkyl halides is 1. The fourth-order valence-electron chi connectivity index (χ4n) is 1.32. The van der Waals surface area contributed by atoms with Crippen LogP contribution in [-0.2, 0) is 4.79 Å². The minimum atomic E-state index is -2.09. The maximum Gasteiger partial charge on any atom is 0.313 e. The molecular formula is C9H10F2O2. The average molecular weight is 188 g/mol. The van der Waals surface area contributed by atoms with Gasteiger partial charge in [-0.15, -0.1) is 0 Å². The van der Waals surface area contributed by atoms with E-state index in [0.717, 1.165) is 18.2 Å². The largest absolute Gasteiger partial charge is 0.481 e. The molecule has 0 amide bonds. The summed E-state index contributed by atoms with van der Waals surface area (Å²) in [6.45, 7) is 1.48. The Balaban J connectivity index is 3.01. The monoisotopic (exact) mass is 188 g/mol. The van der Waals surface area contributed by atoms with Gasteiger partial charge in [-0.2, -0.15) is 0 Å². The van der Waals surface area contributed by atoms with E-state index in [2.05, 4.69) is 0 Å². The van der Waals surface area contributed by atoms with Gasteiger partial charge in [0.15, 0.2) is 0 Å². The van der Waals surface area contributed by atoms with Crippen LogP contribution in [0, 0.1) is 5.92 Å². The van der Waals surface area contributed by atoms with E-state index in [9.17, 15) is 13.6 Å². The molecule has 0 heterocycles. The second-order valence-electron chi connectivity index (χ2n) is 2.98. The van der Waals surface area contributed by atoms with Crippen LogP contribution in [0.3, 0.4) is 0 Å². The quantitative estimate of drug-likeness (QED) is 0.721. The molecule has 0 radical (unpaired) electrons. The molecular weight excluding hydrogens is 178 g/mol. The Morgan fingerprint density at radius 3 is 2.85 bits per heavy atom. The molecule has 0 aromatic rings. The molecule has 1 aliphatic carbocycles. The summed E-state index contributed by atoms with van der Waals surface area (Å²) < 4.78 is 26.4. The molecule has 2 nitrogen and oxygen atoms in total. The second-order valence-corrected chi connectivity index (χ2v) is 2.98. The first-order valence-electron chi connectivity index (χ1n) is 3.98. The van der Waals surface area contributed by atoms with E-state index >= 15 is 0 Å². The van der Waals surface area contributed by atoms with Crippen molar-refractivity contribution >= 4 is 5.97 Å². The molecule has 2 unspecified atom stereocenters. The van der Waals surface area contributed by atoms with Gasteiger partial charge in [0.1, 0.15) is 17.4 Å². The minimum absolute atomic E-state index is 0.0538. The molecule has 0 spiro atoms. The van der Waals surface area contributed by atoms with Crippen molar-refractivity contribution in [3.63, 3.8) is 0 Å². The third-order valence-corrected chi connectivity index (χ3v) is 2.15. The molecule has 0 saturated heterocycles. The molecule has 4 heteroatoms. The summed E-state index contributed by atoms with van der Waals surface area (Å²) in [6.07, 6.45) is 2.70. The van der Waals surface area contributed by atoms with Gasteiger partial charge in [0.25, 0.3) is 0 Å². The summed E-state index contributed by atoms with van der Waals surface area (Å²) in [5.74, 6) is -3.27. The maximum atomic E-state index is 13.7. The normalized spacial score (nSPS) is 32.8. The number of hydrogen-bond donors (Lipinski definition) is 1. The van der Waals surface area contributed by atoms with Gasteiger partial charge in [0, 0.05) is 0 Å². The van der Waals surface area contributed by atoms with Crippen LogP contribution in [0.4, 0.5) is 8.78 Å². The molecule has 72 valence electrons. The summed E-state index contributed by atoms with van der Waals surface area (Å²) in [6, 6.07) is 0. The Morgan fingerprint density at radius 2 is 2.38 bits per heavy atom. The lowest BCUT2D eigenvalue weighted by Crippen LogP contribution is -2.36. The van der Waals surface area contributed by atoms with Gasteiger partial charge in [0.05, 0.1) is 0 Å². The summed E-state index contributed by atoms with van der Waals surface area (Å²) in [5.41, 5.74) is -2.09. The topological polar surface area (TPSA) is 37.3 Å². The van der Waals surface area contributed by atoms with Crippen LogP contribution in [-0.4, -0.2) is 16.7 Å². The Kier molecular flexibility index (Phi) is 2.50. The fraction of sp³-hybridized carbons (Fsp3) is 0.444. The van der Waals surface area contributed by atoms with Crippen LogP contribution in [0.1, 0.15) is 13.3 Å². The predicted molar refractivity (Wildman–Crippen MR) is 43.6 cm³/mol. The Morgan fingerprint density at radius 1 is 1.77 bits per heavy atom. The summed E-state index contributed by atoms with van der Waals surface area (Å²) >= 11 is 0. The zero-order valence-corrected chi connectivity index (χ0v) is 7.13. The van der Waals surface area contributed by atoms with Crippen molar-refractivity contribution in [3.05, 3.63) is 24.1 Å². The molecule has 0 aromatic heterocycles. The molecule has 1 N–H and O–H groups in total. The highest BCUT2D eigenvalue weighted by Gasteiger charge is 2.41. The van der Waals surface area contributed by atoms with Crippen LogP contribution < -0.4 is 0 Å². The second kappa shape index (κ2) is 3.28. The van der Waals surface area contributed by atoms with Crippen molar-refractivity contribution in [2.75, 3.05) is 0 Å². The van der Waals surface area contributed by atoms with Crippen LogP contribution in [0.25, 0.3) is 0 Å². The van der Waals surface area contributed by atoms with Crippen molar-refractivity contribution in [3.8, 4) is 0 Å². The number of allylic oxidation sites excluding steroid dienone is 3. The van der Waals surface area contributed by atoms with Gasteiger partial charge in [0.2, 0.25) is 0 Å². The number of halogens is 2. The first-order chi connectivity index (χ1) is 5.99. The Hall–Kier alpha value is -1.19. The molecule has 0 fully saturated rings. The van der Waals surface area contributed by atoms with E-state index in [1.54, 1.807) is 0 Å². The molecule has 0 saturated carbocycles. The lowest BCUT2D eigenvalue weighted by Gasteiger charge is -2.27. The molecule has 1 aliphatic rings. The number of hydrogen-bond acceptors (Lipinski definition) is 1. The summed E-state index contributed by atoms with van der Waals surface area (Å²) in [7, 11) is 0. The molecule has 0 aliphatic heterocycles. The van der Waals surface area contributed by atoms with Crippen molar-refractivity contribution in [1.82, 2.24) is 0 Å². The minimum Gasteiger partial charge on any atom is -0.481 e. The van der Waals surface area contributed by atoms with Crippen molar-refractivity contribution in [1.29, 1.82) is 0 Å². The third kappa shape index (κ3) is 1.76. The van der Waals surface area contributed by atoms with Crippen LogP contribution in [0.5, 0.6) is 0 Å². The highest BCUT2D eigenvalue weighted by molar-refractivity contribution is 5.75. The van der Waals surface area contributed by atoms with E-state index in [-0.39, 0.29) is 6.42 Å². The zero-order valence-electron chi connectivity index (χ0n) is 7.13. The van der Waals surface area contributed by atoms with Gasteiger partial charge in [-0.3, -0.25) is 4.79 Å².